The highest BCUT2D eigenvalue weighted by Gasteiger charge is 2.24. The number of halogens is 1. The molecule has 0 aromatic heterocycles. The number of piperidine rings is 1. The minimum Gasteiger partial charge on any atom is -0.317 e. The Morgan fingerprint density at radius 1 is 1.29 bits per heavy atom. The lowest BCUT2D eigenvalue weighted by molar-refractivity contribution is 0.454. The van der Waals surface area contributed by atoms with Crippen molar-refractivity contribution in [1.29, 1.82) is 0 Å². The number of nitrogens with one attached hydrogen (secondary N) is 1. The Hall–Kier alpha value is -0.390. The van der Waals surface area contributed by atoms with Crippen molar-refractivity contribution in [3.8, 4) is 0 Å². The number of hydrogen-bond donors (Lipinski definition) is 1. The quantitative estimate of drug-likeness (QED) is 0.910. The summed E-state index contributed by atoms with van der Waals surface area (Å²) in [4.78, 5) is 0.471. The van der Waals surface area contributed by atoms with Gasteiger partial charge in [-0.3, -0.25) is 0 Å². The van der Waals surface area contributed by atoms with Crippen LogP contribution in [-0.4, -0.2) is 27.8 Å². The zero-order valence-electron chi connectivity index (χ0n) is 9.74. The largest absolute Gasteiger partial charge is 0.317 e. The van der Waals surface area contributed by atoms with Crippen molar-refractivity contribution in [2.45, 2.75) is 23.7 Å². The van der Waals surface area contributed by atoms with E-state index in [9.17, 15) is 8.42 Å². The van der Waals surface area contributed by atoms with Gasteiger partial charge >= 0.3 is 0 Å². The molecule has 1 fully saturated rings. The Morgan fingerprint density at radius 3 is 2.53 bits per heavy atom. The fourth-order valence-electron chi connectivity index (χ4n) is 2.35. The zero-order valence-corrected chi connectivity index (χ0v) is 12.1. The average molecular weight is 318 g/mol. The van der Waals surface area contributed by atoms with Crippen LogP contribution in [0.5, 0.6) is 0 Å². The van der Waals surface area contributed by atoms with Crippen LogP contribution in [0.15, 0.2) is 27.6 Å². The summed E-state index contributed by atoms with van der Waals surface area (Å²) in [5.41, 5.74) is 0.955. The second-order valence-electron chi connectivity index (χ2n) is 4.45. The molecule has 1 aliphatic heterocycles. The van der Waals surface area contributed by atoms with Crippen molar-refractivity contribution in [1.82, 2.24) is 5.32 Å². The van der Waals surface area contributed by atoms with E-state index in [4.69, 9.17) is 0 Å². The number of benzene rings is 1. The molecule has 1 heterocycles. The molecular weight excluding hydrogens is 302 g/mol. The summed E-state index contributed by atoms with van der Waals surface area (Å²) in [6, 6.07) is 5.41. The Labute approximate surface area is 111 Å². The zero-order chi connectivity index (χ0) is 12.5. The molecule has 0 saturated carbocycles. The summed E-state index contributed by atoms with van der Waals surface area (Å²) in [7, 11) is -3.16. The second kappa shape index (κ2) is 5.08. The van der Waals surface area contributed by atoms with Crippen molar-refractivity contribution < 1.29 is 8.42 Å². The molecule has 17 heavy (non-hydrogen) atoms. The van der Waals surface area contributed by atoms with Gasteiger partial charge in [0.05, 0.1) is 4.90 Å². The minimum atomic E-state index is -3.16. The van der Waals surface area contributed by atoms with Gasteiger partial charge in [0.15, 0.2) is 9.84 Å². The Kier molecular flexibility index (Phi) is 3.90. The fraction of sp³-hybridized carbons (Fsp3) is 0.500. The first-order valence-electron chi connectivity index (χ1n) is 5.69. The SMILES string of the molecule is CS(=O)(=O)c1cccc(Br)c1C1CCNCC1. The Morgan fingerprint density at radius 2 is 1.94 bits per heavy atom. The number of rotatable bonds is 2. The molecule has 1 aliphatic rings. The summed E-state index contributed by atoms with van der Waals surface area (Å²) in [6.07, 6.45) is 3.26. The fourth-order valence-corrected chi connectivity index (χ4v) is 4.17. The van der Waals surface area contributed by atoms with Gasteiger partial charge in [-0.2, -0.15) is 0 Å². The van der Waals surface area contributed by atoms with Crippen LogP contribution < -0.4 is 5.32 Å². The molecule has 0 aliphatic carbocycles. The molecule has 2 rings (SSSR count). The molecule has 1 aromatic rings. The maximum Gasteiger partial charge on any atom is 0.175 e. The third-order valence-electron chi connectivity index (χ3n) is 3.16. The standard InChI is InChI=1S/C12H16BrNO2S/c1-17(15,16)11-4-2-3-10(13)12(11)9-5-7-14-8-6-9/h2-4,9,14H,5-8H2,1H3. The molecule has 5 heteroatoms. The van der Waals surface area contributed by atoms with Gasteiger partial charge < -0.3 is 5.32 Å². The highest BCUT2D eigenvalue weighted by molar-refractivity contribution is 9.10. The number of hydrogen-bond acceptors (Lipinski definition) is 3. The highest BCUT2D eigenvalue weighted by atomic mass is 79.9. The maximum absolute atomic E-state index is 11.8. The van der Waals surface area contributed by atoms with E-state index in [0.29, 0.717) is 10.8 Å². The summed E-state index contributed by atoms with van der Waals surface area (Å²) < 4.78 is 24.5. The predicted octanol–water partition coefficient (Wildman–Crippen LogP) is 2.32. The van der Waals surface area contributed by atoms with Crippen LogP contribution in [0.1, 0.15) is 24.3 Å². The van der Waals surface area contributed by atoms with E-state index in [1.807, 2.05) is 6.07 Å². The molecule has 0 spiro atoms. The maximum atomic E-state index is 11.8. The summed E-state index contributed by atoms with van der Waals surface area (Å²) in [5, 5.41) is 3.30. The molecular formula is C12H16BrNO2S. The number of sulfone groups is 1. The van der Waals surface area contributed by atoms with Crippen LogP contribution in [0, 0.1) is 0 Å². The van der Waals surface area contributed by atoms with Gasteiger partial charge in [0, 0.05) is 10.7 Å². The van der Waals surface area contributed by atoms with Crippen LogP contribution in [0.3, 0.4) is 0 Å². The lowest BCUT2D eigenvalue weighted by Crippen LogP contribution is -2.27. The van der Waals surface area contributed by atoms with Crippen molar-refractivity contribution in [3.05, 3.63) is 28.2 Å². The Balaban J connectivity index is 2.50. The van der Waals surface area contributed by atoms with Crippen LogP contribution in [-0.2, 0) is 9.84 Å². The van der Waals surface area contributed by atoms with E-state index in [0.717, 1.165) is 36.0 Å². The third-order valence-corrected chi connectivity index (χ3v) is 5.01. The van der Waals surface area contributed by atoms with Crippen molar-refractivity contribution in [2.75, 3.05) is 19.3 Å². The van der Waals surface area contributed by atoms with Gasteiger partial charge in [-0.25, -0.2) is 8.42 Å². The molecule has 94 valence electrons. The molecule has 1 saturated heterocycles. The van der Waals surface area contributed by atoms with Gasteiger partial charge in [-0.1, -0.05) is 22.0 Å². The van der Waals surface area contributed by atoms with E-state index >= 15 is 0 Å². The average Bonchev–Trinajstić information content (AvgIpc) is 2.28. The monoisotopic (exact) mass is 317 g/mol. The minimum absolute atomic E-state index is 0.330. The second-order valence-corrected chi connectivity index (χ2v) is 7.29. The van der Waals surface area contributed by atoms with Crippen LogP contribution in [0.4, 0.5) is 0 Å². The molecule has 0 unspecified atom stereocenters. The molecule has 0 atom stereocenters. The molecule has 0 bridgehead atoms. The van der Waals surface area contributed by atoms with E-state index in [2.05, 4.69) is 21.2 Å². The van der Waals surface area contributed by atoms with E-state index < -0.39 is 9.84 Å². The molecule has 0 amide bonds. The van der Waals surface area contributed by atoms with Gasteiger partial charge in [0.25, 0.3) is 0 Å². The van der Waals surface area contributed by atoms with E-state index in [1.165, 1.54) is 6.26 Å². The Bertz CT molecular complexity index is 507. The van der Waals surface area contributed by atoms with Crippen molar-refractivity contribution >= 4 is 25.8 Å². The van der Waals surface area contributed by atoms with Gasteiger partial charge in [0.2, 0.25) is 0 Å². The lowest BCUT2D eigenvalue weighted by Gasteiger charge is -2.25. The predicted molar refractivity (Wildman–Crippen MR) is 72.1 cm³/mol. The molecule has 1 N–H and O–H groups in total. The van der Waals surface area contributed by atoms with E-state index in [-0.39, 0.29) is 0 Å². The smallest absolute Gasteiger partial charge is 0.175 e. The summed E-state index contributed by atoms with van der Waals surface area (Å²) in [5.74, 6) is 0.330. The topological polar surface area (TPSA) is 46.2 Å². The van der Waals surface area contributed by atoms with Crippen molar-refractivity contribution in [3.63, 3.8) is 0 Å². The highest BCUT2D eigenvalue weighted by Crippen LogP contribution is 2.35. The van der Waals surface area contributed by atoms with E-state index in [1.54, 1.807) is 12.1 Å². The summed E-state index contributed by atoms with van der Waals surface area (Å²) >= 11 is 3.49. The first-order valence-corrected chi connectivity index (χ1v) is 8.38. The normalized spacial score (nSPS) is 18.2. The van der Waals surface area contributed by atoms with Crippen LogP contribution in [0.25, 0.3) is 0 Å². The van der Waals surface area contributed by atoms with Crippen LogP contribution in [0.2, 0.25) is 0 Å². The van der Waals surface area contributed by atoms with Crippen molar-refractivity contribution in [2.24, 2.45) is 0 Å². The molecule has 0 radical (unpaired) electrons. The molecule has 3 nitrogen and oxygen atoms in total. The lowest BCUT2D eigenvalue weighted by atomic mass is 9.90. The van der Waals surface area contributed by atoms with Gasteiger partial charge in [-0.15, -0.1) is 0 Å². The summed E-state index contributed by atoms with van der Waals surface area (Å²) in [6.45, 7) is 1.91. The first-order chi connectivity index (χ1) is 8.00. The molecule has 1 aromatic carbocycles. The van der Waals surface area contributed by atoms with Gasteiger partial charge in [-0.05, 0) is 49.5 Å². The van der Waals surface area contributed by atoms with Gasteiger partial charge in [0.1, 0.15) is 0 Å². The third kappa shape index (κ3) is 2.89. The van der Waals surface area contributed by atoms with Crippen LogP contribution >= 0.6 is 15.9 Å². The first kappa shape index (κ1) is 13.1.